The number of hydrogen-bond acceptors (Lipinski definition) is 7. The van der Waals surface area contributed by atoms with Crippen LogP contribution in [0.5, 0.6) is 0 Å². The van der Waals surface area contributed by atoms with Crippen LogP contribution in [0.25, 0.3) is 0 Å². The number of carbonyl (C=O) groups excluding carboxylic acids is 2. The highest BCUT2D eigenvalue weighted by Gasteiger charge is 2.28. The number of ether oxygens (including phenoxy) is 2. The van der Waals surface area contributed by atoms with Crippen LogP contribution in [0.1, 0.15) is 12.8 Å². The summed E-state index contributed by atoms with van der Waals surface area (Å²) in [5, 5.41) is 3.15. The SMILES string of the molecule is COC(=O)CC(CNCCC[Si](C)(OC)OC)C(=O)OC. The molecule has 1 unspecified atom stereocenters. The van der Waals surface area contributed by atoms with E-state index in [0.717, 1.165) is 12.5 Å². The highest BCUT2D eigenvalue weighted by Crippen LogP contribution is 2.13. The Labute approximate surface area is 127 Å². The minimum absolute atomic E-state index is 0.0127. The molecule has 0 saturated carbocycles. The van der Waals surface area contributed by atoms with Gasteiger partial charge in [-0.15, -0.1) is 0 Å². The Morgan fingerprint density at radius 3 is 2.19 bits per heavy atom. The maximum Gasteiger partial charge on any atom is 0.334 e. The average Bonchev–Trinajstić information content (AvgIpc) is 2.51. The van der Waals surface area contributed by atoms with E-state index in [1.807, 2.05) is 6.55 Å². The molecular formula is C13H27NO6Si. The van der Waals surface area contributed by atoms with Crippen LogP contribution in [0, 0.1) is 5.92 Å². The minimum atomic E-state index is -2.04. The fourth-order valence-corrected chi connectivity index (χ4v) is 3.18. The fourth-order valence-electron chi connectivity index (χ4n) is 1.79. The fraction of sp³-hybridized carbons (Fsp3) is 0.846. The normalized spacial score (nSPS) is 12.8. The number of esters is 2. The lowest BCUT2D eigenvalue weighted by atomic mass is 10.1. The minimum Gasteiger partial charge on any atom is -0.469 e. The largest absolute Gasteiger partial charge is 0.469 e. The van der Waals surface area contributed by atoms with Gasteiger partial charge in [0.05, 0.1) is 26.6 Å². The number of methoxy groups -OCH3 is 2. The molecule has 0 bridgehead atoms. The second-order valence-corrected chi connectivity index (χ2v) is 8.43. The second-order valence-electron chi connectivity index (χ2n) is 4.85. The molecule has 0 rings (SSSR count). The predicted octanol–water partition coefficient (Wildman–Crippen LogP) is 0.683. The number of rotatable bonds is 11. The summed E-state index contributed by atoms with van der Waals surface area (Å²) in [5.41, 5.74) is 0. The van der Waals surface area contributed by atoms with E-state index >= 15 is 0 Å². The molecule has 0 aromatic rings. The Kier molecular flexibility index (Phi) is 10.2. The molecule has 0 saturated heterocycles. The first-order chi connectivity index (χ1) is 9.92. The van der Waals surface area contributed by atoms with Crippen molar-refractivity contribution in [2.75, 3.05) is 41.5 Å². The van der Waals surface area contributed by atoms with Gasteiger partial charge in [-0.25, -0.2) is 0 Å². The smallest absolute Gasteiger partial charge is 0.334 e. The third-order valence-corrected chi connectivity index (χ3v) is 6.40. The van der Waals surface area contributed by atoms with Gasteiger partial charge in [0.2, 0.25) is 0 Å². The van der Waals surface area contributed by atoms with Gasteiger partial charge < -0.3 is 23.6 Å². The molecule has 0 fully saturated rings. The number of carbonyl (C=O) groups is 2. The van der Waals surface area contributed by atoms with Crippen molar-refractivity contribution in [1.82, 2.24) is 5.32 Å². The van der Waals surface area contributed by atoms with Gasteiger partial charge in [-0.05, 0) is 25.6 Å². The summed E-state index contributed by atoms with van der Waals surface area (Å²) in [5.74, 6) is -1.37. The van der Waals surface area contributed by atoms with E-state index in [4.69, 9.17) is 8.85 Å². The highest BCUT2D eigenvalue weighted by atomic mass is 28.4. The van der Waals surface area contributed by atoms with Crippen LogP contribution < -0.4 is 5.32 Å². The Balaban J connectivity index is 4.09. The van der Waals surface area contributed by atoms with E-state index in [0.29, 0.717) is 13.1 Å². The summed E-state index contributed by atoms with van der Waals surface area (Å²) < 4.78 is 20.0. The van der Waals surface area contributed by atoms with Gasteiger partial charge in [-0.2, -0.15) is 0 Å². The maximum atomic E-state index is 11.6. The van der Waals surface area contributed by atoms with Gasteiger partial charge in [0, 0.05) is 20.8 Å². The highest BCUT2D eigenvalue weighted by molar-refractivity contribution is 6.65. The van der Waals surface area contributed by atoms with Crippen molar-refractivity contribution in [1.29, 1.82) is 0 Å². The zero-order valence-electron chi connectivity index (χ0n) is 13.6. The van der Waals surface area contributed by atoms with Gasteiger partial charge in [0.1, 0.15) is 0 Å². The molecule has 0 aliphatic rings. The van der Waals surface area contributed by atoms with Gasteiger partial charge in [0.15, 0.2) is 0 Å². The lowest BCUT2D eigenvalue weighted by Crippen LogP contribution is -2.37. The molecule has 0 aliphatic carbocycles. The predicted molar refractivity (Wildman–Crippen MR) is 80.1 cm³/mol. The lowest BCUT2D eigenvalue weighted by molar-refractivity contribution is -0.151. The standard InChI is InChI=1S/C13H27NO6Si/c1-17-12(15)9-11(13(16)18-2)10-14-7-6-8-21(5,19-3)20-4/h11,14H,6-10H2,1-5H3. The molecule has 1 N–H and O–H groups in total. The molecule has 124 valence electrons. The Bertz CT molecular complexity index is 322. The van der Waals surface area contributed by atoms with E-state index in [1.165, 1.54) is 14.2 Å². The van der Waals surface area contributed by atoms with Gasteiger partial charge in [-0.1, -0.05) is 0 Å². The van der Waals surface area contributed by atoms with Crippen molar-refractivity contribution in [2.24, 2.45) is 5.92 Å². The zero-order chi connectivity index (χ0) is 16.3. The molecule has 0 radical (unpaired) electrons. The number of nitrogens with one attached hydrogen (secondary N) is 1. The van der Waals surface area contributed by atoms with E-state index < -0.39 is 26.4 Å². The molecule has 0 aromatic carbocycles. The Morgan fingerprint density at radius 1 is 1.10 bits per heavy atom. The van der Waals surface area contributed by atoms with Crippen molar-refractivity contribution in [3.05, 3.63) is 0 Å². The van der Waals surface area contributed by atoms with E-state index in [2.05, 4.69) is 14.8 Å². The third kappa shape index (κ3) is 8.15. The molecule has 21 heavy (non-hydrogen) atoms. The van der Waals surface area contributed by atoms with E-state index in [-0.39, 0.29) is 6.42 Å². The van der Waals surface area contributed by atoms with Crippen molar-refractivity contribution >= 4 is 20.5 Å². The Morgan fingerprint density at radius 2 is 1.71 bits per heavy atom. The van der Waals surface area contributed by atoms with E-state index in [1.54, 1.807) is 14.2 Å². The molecule has 0 spiro atoms. The summed E-state index contributed by atoms with van der Waals surface area (Å²) in [6.07, 6.45) is 0.884. The molecule has 0 heterocycles. The first-order valence-electron chi connectivity index (χ1n) is 6.88. The molecular weight excluding hydrogens is 294 g/mol. The van der Waals surface area contributed by atoms with Crippen molar-refractivity contribution in [3.63, 3.8) is 0 Å². The van der Waals surface area contributed by atoms with Gasteiger partial charge in [0.25, 0.3) is 0 Å². The van der Waals surface area contributed by atoms with Crippen LogP contribution in [-0.2, 0) is 27.9 Å². The van der Waals surface area contributed by atoms with Crippen molar-refractivity contribution in [2.45, 2.75) is 25.4 Å². The monoisotopic (exact) mass is 321 g/mol. The zero-order valence-corrected chi connectivity index (χ0v) is 14.6. The topological polar surface area (TPSA) is 83.1 Å². The molecule has 1 atom stereocenters. The van der Waals surface area contributed by atoms with Gasteiger partial charge in [-0.3, -0.25) is 9.59 Å². The molecule has 0 amide bonds. The Hall–Kier alpha value is -0.963. The van der Waals surface area contributed by atoms with Crippen LogP contribution in [0.2, 0.25) is 12.6 Å². The molecule has 0 aromatic heterocycles. The number of hydrogen-bond donors (Lipinski definition) is 1. The second kappa shape index (κ2) is 10.7. The summed E-state index contributed by atoms with van der Waals surface area (Å²) in [7, 11) is 3.88. The van der Waals surface area contributed by atoms with Crippen molar-refractivity contribution < 1.29 is 27.9 Å². The van der Waals surface area contributed by atoms with Crippen LogP contribution in [-0.4, -0.2) is 62.0 Å². The van der Waals surface area contributed by atoms with Crippen molar-refractivity contribution in [3.8, 4) is 0 Å². The quantitative estimate of drug-likeness (QED) is 0.340. The summed E-state index contributed by atoms with van der Waals surface area (Å²) in [6, 6.07) is 0.854. The summed E-state index contributed by atoms with van der Waals surface area (Å²) in [4.78, 5) is 22.8. The summed E-state index contributed by atoms with van der Waals surface area (Å²) in [6.45, 7) is 3.09. The van der Waals surface area contributed by atoms with Gasteiger partial charge >= 0.3 is 20.5 Å². The lowest BCUT2D eigenvalue weighted by Gasteiger charge is -2.22. The maximum absolute atomic E-state index is 11.6. The van der Waals surface area contributed by atoms with Crippen LogP contribution in [0.4, 0.5) is 0 Å². The third-order valence-electron chi connectivity index (χ3n) is 3.41. The van der Waals surface area contributed by atoms with Crippen LogP contribution in [0.15, 0.2) is 0 Å². The molecule has 0 aliphatic heterocycles. The molecule has 7 nitrogen and oxygen atoms in total. The van der Waals surface area contributed by atoms with Crippen LogP contribution >= 0.6 is 0 Å². The van der Waals surface area contributed by atoms with E-state index in [9.17, 15) is 9.59 Å². The molecule has 8 heteroatoms. The van der Waals surface area contributed by atoms with Crippen LogP contribution in [0.3, 0.4) is 0 Å². The average molecular weight is 321 g/mol. The first kappa shape index (κ1) is 20.0. The summed E-state index contributed by atoms with van der Waals surface area (Å²) >= 11 is 0. The first-order valence-corrected chi connectivity index (χ1v) is 9.40.